The highest BCUT2D eigenvalue weighted by atomic mass is 16.5. The van der Waals surface area contributed by atoms with Gasteiger partial charge in [-0.05, 0) is 62.6 Å². The molecule has 3 rings (SSSR count). The number of ether oxygens (including phenoxy) is 1. The summed E-state index contributed by atoms with van der Waals surface area (Å²) in [5.74, 6) is 0.176. The lowest BCUT2D eigenvalue weighted by Crippen LogP contribution is -2.49. The fourth-order valence-electron chi connectivity index (χ4n) is 2.93. The Balaban J connectivity index is 1.88. The number of amides is 2. The van der Waals surface area contributed by atoms with Gasteiger partial charge < -0.3 is 10.1 Å². The summed E-state index contributed by atoms with van der Waals surface area (Å²) in [5, 5.41) is 2.94. The zero-order chi connectivity index (χ0) is 18.1. The van der Waals surface area contributed by atoms with Crippen molar-refractivity contribution in [2.24, 2.45) is 0 Å². The van der Waals surface area contributed by atoms with Gasteiger partial charge >= 0.3 is 0 Å². The third kappa shape index (κ3) is 3.36. The van der Waals surface area contributed by atoms with Crippen molar-refractivity contribution in [2.75, 3.05) is 16.8 Å². The number of benzene rings is 2. The van der Waals surface area contributed by atoms with Crippen LogP contribution in [0.4, 0.5) is 11.4 Å². The molecule has 0 bridgehead atoms. The van der Waals surface area contributed by atoms with Crippen LogP contribution in [0.25, 0.3) is 0 Å². The molecule has 0 saturated heterocycles. The maximum absolute atomic E-state index is 12.8. The number of hydrogen-bond acceptors (Lipinski definition) is 3. The van der Waals surface area contributed by atoms with Gasteiger partial charge in [-0.25, -0.2) is 0 Å². The number of fused-ring (bicyclic) bond motifs is 1. The van der Waals surface area contributed by atoms with Gasteiger partial charge in [0.05, 0.1) is 5.69 Å². The highest BCUT2D eigenvalue weighted by Gasteiger charge is 2.33. The number of hydrogen-bond donors (Lipinski definition) is 1. The number of carbonyl (C=O) groups excluding carboxylic acids is 2. The molecule has 0 fully saturated rings. The number of anilines is 2. The van der Waals surface area contributed by atoms with Crippen molar-refractivity contribution in [3.8, 4) is 5.75 Å². The van der Waals surface area contributed by atoms with Crippen molar-refractivity contribution in [1.29, 1.82) is 0 Å². The molecule has 0 spiro atoms. The number of aryl methyl sites for hydroxylation is 3. The largest absolute Gasteiger partial charge is 0.482 e. The minimum Gasteiger partial charge on any atom is -0.482 e. The predicted molar refractivity (Wildman–Crippen MR) is 98.2 cm³/mol. The van der Waals surface area contributed by atoms with Crippen molar-refractivity contribution in [2.45, 2.75) is 33.7 Å². The summed E-state index contributed by atoms with van der Waals surface area (Å²) in [5.41, 5.74) is 4.46. The third-order valence-electron chi connectivity index (χ3n) is 4.41. The van der Waals surface area contributed by atoms with Crippen LogP contribution in [0.1, 0.15) is 23.6 Å². The predicted octanol–water partition coefficient (Wildman–Crippen LogP) is 3.36. The molecule has 0 aromatic heterocycles. The van der Waals surface area contributed by atoms with E-state index in [1.165, 1.54) is 4.90 Å². The van der Waals surface area contributed by atoms with Crippen LogP contribution in [-0.4, -0.2) is 24.5 Å². The number of rotatable bonds is 3. The van der Waals surface area contributed by atoms with Crippen molar-refractivity contribution >= 4 is 23.2 Å². The van der Waals surface area contributed by atoms with E-state index in [1.54, 1.807) is 6.92 Å². The Morgan fingerprint density at radius 1 is 1.12 bits per heavy atom. The van der Waals surface area contributed by atoms with Crippen LogP contribution in [-0.2, 0) is 9.59 Å². The number of nitrogens with zero attached hydrogens (tertiary/aromatic N) is 1. The Hall–Kier alpha value is -2.82. The van der Waals surface area contributed by atoms with Gasteiger partial charge in [0, 0.05) is 5.69 Å². The van der Waals surface area contributed by atoms with E-state index in [-0.39, 0.29) is 18.4 Å². The van der Waals surface area contributed by atoms with Gasteiger partial charge in [0.2, 0.25) is 5.91 Å². The average Bonchev–Trinajstić information content (AvgIpc) is 2.57. The highest BCUT2D eigenvalue weighted by molar-refractivity contribution is 6.07. The van der Waals surface area contributed by atoms with Gasteiger partial charge in [-0.2, -0.15) is 0 Å². The second-order valence-corrected chi connectivity index (χ2v) is 6.51. The van der Waals surface area contributed by atoms with Crippen molar-refractivity contribution < 1.29 is 14.3 Å². The molecule has 5 nitrogen and oxygen atoms in total. The summed E-state index contributed by atoms with van der Waals surface area (Å²) >= 11 is 0. The molecule has 25 heavy (non-hydrogen) atoms. The Bertz CT molecular complexity index is 845. The van der Waals surface area contributed by atoms with Crippen LogP contribution in [0.5, 0.6) is 5.75 Å². The van der Waals surface area contributed by atoms with E-state index in [2.05, 4.69) is 5.32 Å². The van der Waals surface area contributed by atoms with E-state index in [1.807, 2.05) is 57.2 Å². The van der Waals surface area contributed by atoms with Crippen LogP contribution in [0.2, 0.25) is 0 Å². The zero-order valence-electron chi connectivity index (χ0n) is 14.9. The quantitative estimate of drug-likeness (QED) is 0.933. The second-order valence-electron chi connectivity index (χ2n) is 6.51. The Kier molecular flexibility index (Phi) is 4.49. The van der Waals surface area contributed by atoms with Crippen LogP contribution in [0, 0.1) is 20.8 Å². The van der Waals surface area contributed by atoms with E-state index < -0.39 is 6.04 Å². The molecule has 0 saturated carbocycles. The molecule has 1 N–H and O–H groups in total. The Morgan fingerprint density at radius 2 is 1.80 bits per heavy atom. The molecule has 1 atom stereocenters. The number of carbonyl (C=O) groups is 2. The van der Waals surface area contributed by atoms with E-state index in [4.69, 9.17) is 4.74 Å². The lowest BCUT2D eigenvalue weighted by atomic mass is 10.1. The molecule has 0 aliphatic carbocycles. The molecule has 1 aliphatic rings. The maximum atomic E-state index is 12.8. The summed E-state index contributed by atoms with van der Waals surface area (Å²) in [6.07, 6.45) is 0. The Labute approximate surface area is 147 Å². The molecular formula is C20H22N2O3. The minimum atomic E-state index is -0.642. The maximum Gasteiger partial charge on any atom is 0.265 e. The molecule has 1 unspecified atom stereocenters. The van der Waals surface area contributed by atoms with Crippen molar-refractivity contribution in [3.05, 3.63) is 53.1 Å². The van der Waals surface area contributed by atoms with E-state index >= 15 is 0 Å². The van der Waals surface area contributed by atoms with E-state index in [0.29, 0.717) is 11.4 Å². The molecule has 0 radical (unpaired) electrons. The first kappa shape index (κ1) is 17.0. The molecule has 1 heterocycles. The van der Waals surface area contributed by atoms with Gasteiger partial charge in [-0.15, -0.1) is 0 Å². The molecular weight excluding hydrogens is 316 g/mol. The molecule has 5 heteroatoms. The van der Waals surface area contributed by atoms with Crippen LogP contribution in [0.3, 0.4) is 0 Å². The summed E-state index contributed by atoms with van der Waals surface area (Å²) in [4.78, 5) is 26.7. The summed E-state index contributed by atoms with van der Waals surface area (Å²) < 4.78 is 5.48. The molecule has 2 aromatic carbocycles. The second kappa shape index (κ2) is 6.59. The first-order chi connectivity index (χ1) is 11.9. The normalized spacial score (nSPS) is 14.6. The van der Waals surface area contributed by atoms with Crippen LogP contribution >= 0.6 is 0 Å². The third-order valence-corrected chi connectivity index (χ3v) is 4.41. The van der Waals surface area contributed by atoms with Gasteiger partial charge in [0.15, 0.2) is 6.61 Å². The molecule has 130 valence electrons. The number of nitrogens with one attached hydrogen (secondary N) is 1. The Morgan fingerprint density at radius 3 is 2.56 bits per heavy atom. The van der Waals surface area contributed by atoms with E-state index in [9.17, 15) is 9.59 Å². The molecule has 2 amide bonds. The lowest BCUT2D eigenvalue weighted by Gasteiger charge is -2.33. The van der Waals surface area contributed by atoms with Gasteiger partial charge in [0.25, 0.3) is 5.91 Å². The van der Waals surface area contributed by atoms with Gasteiger partial charge in [-0.3, -0.25) is 14.5 Å². The fourth-order valence-corrected chi connectivity index (χ4v) is 2.93. The molecule has 1 aliphatic heterocycles. The van der Waals surface area contributed by atoms with Crippen LogP contribution < -0.4 is 15.0 Å². The SMILES string of the molecule is Cc1ccc(C)c(NC(=O)C(C)N2C(=O)COc3ccc(C)cc32)c1. The fraction of sp³-hybridized carbons (Fsp3) is 0.300. The minimum absolute atomic E-state index is 0.0584. The zero-order valence-corrected chi connectivity index (χ0v) is 14.9. The topological polar surface area (TPSA) is 58.6 Å². The first-order valence-corrected chi connectivity index (χ1v) is 8.30. The van der Waals surface area contributed by atoms with Gasteiger partial charge in [-0.1, -0.05) is 18.2 Å². The lowest BCUT2D eigenvalue weighted by molar-refractivity contribution is -0.125. The molecule has 2 aromatic rings. The van der Waals surface area contributed by atoms with Crippen molar-refractivity contribution in [1.82, 2.24) is 0 Å². The van der Waals surface area contributed by atoms with E-state index in [0.717, 1.165) is 22.4 Å². The van der Waals surface area contributed by atoms with Gasteiger partial charge in [0.1, 0.15) is 11.8 Å². The van der Waals surface area contributed by atoms with Crippen molar-refractivity contribution in [3.63, 3.8) is 0 Å². The standard InChI is InChI=1S/C20H22N2O3/c1-12-5-7-14(3)16(9-12)21-20(24)15(4)22-17-10-13(2)6-8-18(17)25-11-19(22)23/h5-10,15H,11H2,1-4H3,(H,21,24). The first-order valence-electron chi connectivity index (χ1n) is 8.30. The smallest absolute Gasteiger partial charge is 0.265 e. The summed E-state index contributed by atoms with van der Waals surface area (Å²) in [7, 11) is 0. The summed E-state index contributed by atoms with van der Waals surface area (Å²) in [6.45, 7) is 7.53. The monoisotopic (exact) mass is 338 g/mol. The highest BCUT2D eigenvalue weighted by Crippen LogP contribution is 2.34. The summed E-state index contributed by atoms with van der Waals surface area (Å²) in [6, 6.07) is 10.9. The average molecular weight is 338 g/mol. The van der Waals surface area contributed by atoms with Crippen LogP contribution in [0.15, 0.2) is 36.4 Å².